The third-order valence-electron chi connectivity index (χ3n) is 5.26. The fourth-order valence-corrected chi connectivity index (χ4v) is 3.32. The van der Waals surface area contributed by atoms with Gasteiger partial charge in [-0.15, -0.1) is 6.58 Å². The number of ether oxygens (including phenoxy) is 2. The molecular formula is C27H37N9O3. The molecule has 39 heavy (non-hydrogen) atoms. The molecule has 0 bridgehead atoms. The topological polar surface area (TPSA) is 161 Å². The van der Waals surface area contributed by atoms with E-state index >= 15 is 0 Å². The molecule has 2 heterocycles. The average Bonchev–Trinajstić information content (AvgIpc) is 2.97. The fourth-order valence-electron chi connectivity index (χ4n) is 3.32. The molecular weight excluding hydrogens is 498 g/mol. The van der Waals surface area contributed by atoms with E-state index in [9.17, 15) is 4.79 Å². The van der Waals surface area contributed by atoms with Gasteiger partial charge in [0.15, 0.2) is 0 Å². The second kappa shape index (κ2) is 17.4. The predicted octanol–water partition coefficient (Wildman–Crippen LogP) is 1.85. The van der Waals surface area contributed by atoms with Crippen molar-refractivity contribution in [3.63, 3.8) is 0 Å². The third-order valence-corrected chi connectivity index (χ3v) is 5.26. The molecule has 0 aliphatic rings. The number of rotatable bonds is 19. The van der Waals surface area contributed by atoms with Crippen molar-refractivity contribution in [1.29, 1.82) is 0 Å². The maximum Gasteiger partial charge on any atom is 0.251 e. The molecule has 0 saturated carbocycles. The summed E-state index contributed by atoms with van der Waals surface area (Å²) in [6.07, 6.45) is 4.24. The summed E-state index contributed by atoms with van der Waals surface area (Å²) in [6.45, 7) is 8.13. The first kappa shape index (κ1) is 29.4. The number of carbonyl (C=O) groups excluding carboxylic acids is 1. The lowest BCUT2D eigenvalue weighted by molar-refractivity contribution is 0.0511. The van der Waals surface area contributed by atoms with E-state index in [1.165, 1.54) is 0 Å². The first-order valence-corrected chi connectivity index (χ1v) is 12.9. The zero-order chi connectivity index (χ0) is 27.5. The normalized spacial score (nSPS) is 10.6. The van der Waals surface area contributed by atoms with Gasteiger partial charge < -0.3 is 36.5 Å². The Morgan fingerprint density at radius 2 is 1.59 bits per heavy atom. The maximum absolute atomic E-state index is 12.4. The van der Waals surface area contributed by atoms with Crippen LogP contribution >= 0.6 is 0 Å². The van der Waals surface area contributed by atoms with E-state index in [1.54, 1.807) is 24.4 Å². The van der Waals surface area contributed by atoms with Gasteiger partial charge in [-0.05, 0) is 29.8 Å². The quantitative estimate of drug-likeness (QED) is 0.113. The van der Waals surface area contributed by atoms with E-state index in [2.05, 4.69) is 47.8 Å². The van der Waals surface area contributed by atoms with Crippen molar-refractivity contribution in [1.82, 2.24) is 25.3 Å². The lowest BCUT2D eigenvalue weighted by Gasteiger charge is -2.11. The largest absolute Gasteiger partial charge is 0.378 e. The van der Waals surface area contributed by atoms with Crippen molar-refractivity contribution in [2.75, 3.05) is 68.6 Å². The summed E-state index contributed by atoms with van der Waals surface area (Å²) < 4.78 is 10.6. The SMILES string of the molecule is C=CCNc1nc(NCCc2ccccn2)nc(NCc2ccc(C(=O)NCCOCCOCCN)cc2)n1. The fraction of sp³-hybridized carbons (Fsp3) is 0.370. The van der Waals surface area contributed by atoms with E-state index in [0.717, 1.165) is 17.7 Å². The molecule has 12 heteroatoms. The van der Waals surface area contributed by atoms with E-state index in [4.69, 9.17) is 15.2 Å². The van der Waals surface area contributed by atoms with E-state index < -0.39 is 0 Å². The molecule has 0 unspecified atom stereocenters. The summed E-state index contributed by atoms with van der Waals surface area (Å²) in [5.41, 5.74) is 7.88. The summed E-state index contributed by atoms with van der Waals surface area (Å²) in [7, 11) is 0. The molecule has 208 valence electrons. The summed E-state index contributed by atoms with van der Waals surface area (Å²) in [6, 6.07) is 13.2. The Balaban J connectivity index is 1.47. The summed E-state index contributed by atoms with van der Waals surface area (Å²) in [4.78, 5) is 30.0. The van der Waals surface area contributed by atoms with Crippen LogP contribution in [0.2, 0.25) is 0 Å². The van der Waals surface area contributed by atoms with Crippen molar-refractivity contribution in [3.8, 4) is 0 Å². The Labute approximate surface area is 228 Å². The highest BCUT2D eigenvalue weighted by Crippen LogP contribution is 2.12. The molecule has 0 spiro atoms. The first-order valence-electron chi connectivity index (χ1n) is 12.9. The molecule has 3 rings (SSSR count). The first-order chi connectivity index (χ1) is 19.2. The van der Waals surface area contributed by atoms with Crippen LogP contribution in [0.5, 0.6) is 0 Å². The van der Waals surface area contributed by atoms with Crippen LogP contribution in [0.4, 0.5) is 17.8 Å². The van der Waals surface area contributed by atoms with Crippen LogP contribution in [0.3, 0.4) is 0 Å². The Morgan fingerprint density at radius 1 is 0.872 bits per heavy atom. The van der Waals surface area contributed by atoms with Crippen LogP contribution in [-0.2, 0) is 22.4 Å². The lowest BCUT2D eigenvalue weighted by Crippen LogP contribution is -2.27. The molecule has 2 aromatic heterocycles. The Bertz CT molecular complexity index is 1130. The molecule has 0 aliphatic heterocycles. The van der Waals surface area contributed by atoms with Crippen molar-refractivity contribution < 1.29 is 14.3 Å². The Hall–Kier alpha value is -4.13. The van der Waals surface area contributed by atoms with E-state index in [1.807, 2.05) is 30.3 Å². The molecule has 1 amide bonds. The number of carbonyl (C=O) groups is 1. The van der Waals surface area contributed by atoms with E-state index in [0.29, 0.717) is 82.6 Å². The van der Waals surface area contributed by atoms with Crippen LogP contribution < -0.4 is 27.0 Å². The highest BCUT2D eigenvalue weighted by Gasteiger charge is 2.08. The van der Waals surface area contributed by atoms with Gasteiger partial charge in [-0.1, -0.05) is 24.3 Å². The van der Waals surface area contributed by atoms with Crippen molar-refractivity contribution >= 4 is 23.8 Å². The summed E-state index contributed by atoms with van der Waals surface area (Å²) >= 11 is 0. The molecule has 0 aliphatic carbocycles. The van der Waals surface area contributed by atoms with Gasteiger partial charge in [0.2, 0.25) is 17.8 Å². The minimum atomic E-state index is -0.158. The highest BCUT2D eigenvalue weighted by atomic mass is 16.5. The number of hydrogen-bond acceptors (Lipinski definition) is 11. The molecule has 0 radical (unpaired) electrons. The van der Waals surface area contributed by atoms with Crippen LogP contribution in [0.25, 0.3) is 0 Å². The van der Waals surface area contributed by atoms with Gasteiger partial charge in [-0.2, -0.15) is 15.0 Å². The standard InChI is InChI=1S/C27H37N9O3/c1-2-12-31-25-34-26(32-14-10-23-5-3-4-13-29-23)36-27(35-25)33-20-21-6-8-22(9-7-21)24(37)30-15-17-39-19-18-38-16-11-28/h2-9,13H,1,10-12,14-20,28H2,(H,30,37)(H3,31,32,33,34,35,36). The predicted molar refractivity (Wildman–Crippen MR) is 152 cm³/mol. The van der Waals surface area contributed by atoms with Gasteiger partial charge in [-0.3, -0.25) is 9.78 Å². The molecule has 1 aromatic carbocycles. The summed E-state index contributed by atoms with van der Waals surface area (Å²) in [5.74, 6) is 1.15. The Morgan fingerprint density at radius 3 is 2.28 bits per heavy atom. The smallest absolute Gasteiger partial charge is 0.251 e. The van der Waals surface area contributed by atoms with Crippen molar-refractivity contribution in [2.24, 2.45) is 5.73 Å². The number of nitrogens with one attached hydrogen (secondary N) is 4. The van der Waals surface area contributed by atoms with Crippen LogP contribution in [-0.4, -0.2) is 78.4 Å². The summed E-state index contributed by atoms with van der Waals surface area (Å²) in [5, 5.41) is 12.4. The Kier molecular flexibility index (Phi) is 13.1. The van der Waals surface area contributed by atoms with Gasteiger partial charge in [-0.25, -0.2) is 0 Å². The molecule has 0 fully saturated rings. The lowest BCUT2D eigenvalue weighted by atomic mass is 10.1. The van der Waals surface area contributed by atoms with Gasteiger partial charge in [0.25, 0.3) is 5.91 Å². The number of anilines is 3. The second-order valence-electron chi connectivity index (χ2n) is 8.29. The zero-order valence-electron chi connectivity index (χ0n) is 22.1. The third kappa shape index (κ3) is 11.4. The van der Waals surface area contributed by atoms with E-state index in [-0.39, 0.29) is 5.91 Å². The number of benzene rings is 1. The molecule has 0 atom stereocenters. The van der Waals surface area contributed by atoms with Crippen LogP contribution in [0.1, 0.15) is 21.6 Å². The maximum atomic E-state index is 12.4. The minimum Gasteiger partial charge on any atom is -0.378 e. The zero-order valence-corrected chi connectivity index (χ0v) is 22.1. The van der Waals surface area contributed by atoms with Gasteiger partial charge in [0, 0.05) is 56.6 Å². The number of nitrogens with zero attached hydrogens (tertiary/aromatic N) is 4. The number of aromatic nitrogens is 4. The van der Waals surface area contributed by atoms with Gasteiger partial charge >= 0.3 is 0 Å². The molecule has 3 aromatic rings. The number of hydrogen-bond donors (Lipinski definition) is 5. The number of amides is 1. The van der Waals surface area contributed by atoms with Crippen LogP contribution in [0.15, 0.2) is 61.3 Å². The highest BCUT2D eigenvalue weighted by molar-refractivity contribution is 5.94. The van der Waals surface area contributed by atoms with Crippen LogP contribution in [0, 0.1) is 0 Å². The molecule has 0 saturated heterocycles. The van der Waals surface area contributed by atoms with Gasteiger partial charge in [0.1, 0.15) is 0 Å². The number of pyridine rings is 1. The number of nitrogens with two attached hydrogens (primary N) is 1. The monoisotopic (exact) mass is 535 g/mol. The molecule has 12 nitrogen and oxygen atoms in total. The molecule has 6 N–H and O–H groups in total. The van der Waals surface area contributed by atoms with Crippen molar-refractivity contribution in [3.05, 3.63) is 78.1 Å². The van der Waals surface area contributed by atoms with Gasteiger partial charge in [0.05, 0.1) is 26.4 Å². The minimum absolute atomic E-state index is 0.158. The second-order valence-corrected chi connectivity index (χ2v) is 8.29. The van der Waals surface area contributed by atoms with Crippen molar-refractivity contribution in [2.45, 2.75) is 13.0 Å². The average molecular weight is 536 g/mol.